The van der Waals surface area contributed by atoms with Gasteiger partial charge in [-0.2, -0.15) is 5.48 Å². The van der Waals surface area contributed by atoms with Crippen molar-refractivity contribution in [3.8, 4) is 0 Å². The topological polar surface area (TPSA) is 68.8 Å². The molecule has 104 valence electrons. The molecule has 1 aliphatic heterocycles. The largest absolute Gasteiger partial charge is 0.469 e. The van der Waals surface area contributed by atoms with Gasteiger partial charge in [0.2, 0.25) is 0 Å². The van der Waals surface area contributed by atoms with Gasteiger partial charge < -0.3 is 4.74 Å². The molecular weight excluding hydrogens is 248 g/mol. The Morgan fingerprint density at radius 1 is 1.42 bits per heavy atom. The fourth-order valence-corrected chi connectivity index (χ4v) is 2.04. The highest BCUT2D eigenvalue weighted by Gasteiger charge is 2.28. The second kappa shape index (κ2) is 6.51. The molecule has 2 N–H and O–H groups in total. The second-order valence-corrected chi connectivity index (χ2v) is 4.35. The van der Waals surface area contributed by atoms with E-state index in [1.165, 1.54) is 7.11 Å². The van der Waals surface area contributed by atoms with Crippen molar-refractivity contribution in [2.45, 2.75) is 25.0 Å². The van der Waals surface area contributed by atoms with Gasteiger partial charge in [-0.3, -0.25) is 19.9 Å². The summed E-state index contributed by atoms with van der Waals surface area (Å²) < 4.78 is 4.63. The minimum atomic E-state index is -0.257. The van der Waals surface area contributed by atoms with Gasteiger partial charge in [-0.05, 0) is 24.1 Å². The maximum absolute atomic E-state index is 11.2. The van der Waals surface area contributed by atoms with E-state index in [9.17, 15) is 4.79 Å². The molecule has 1 aromatic carbocycles. The van der Waals surface area contributed by atoms with E-state index in [2.05, 4.69) is 15.7 Å². The summed E-state index contributed by atoms with van der Waals surface area (Å²) in [6.45, 7) is 0. The van der Waals surface area contributed by atoms with Crippen molar-refractivity contribution in [2.24, 2.45) is 0 Å². The van der Waals surface area contributed by atoms with Crippen LogP contribution < -0.4 is 11.0 Å². The number of nitrogens with one attached hydrogen (secondary N) is 2. The Kier molecular flexibility index (Phi) is 4.73. The van der Waals surface area contributed by atoms with Crippen LogP contribution in [-0.4, -0.2) is 26.3 Å². The zero-order valence-electron chi connectivity index (χ0n) is 11.0. The van der Waals surface area contributed by atoms with E-state index in [0.717, 1.165) is 17.7 Å². The molecule has 1 heterocycles. The van der Waals surface area contributed by atoms with Gasteiger partial charge in [0.1, 0.15) is 0 Å². The Hall–Kier alpha value is -1.63. The number of esters is 1. The van der Waals surface area contributed by atoms with Crippen molar-refractivity contribution in [3.05, 3.63) is 29.8 Å². The lowest BCUT2D eigenvalue weighted by atomic mass is 10.0. The van der Waals surface area contributed by atoms with Crippen LogP contribution in [0.25, 0.3) is 0 Å². The molecule has 0 radical (unpaired) electrons. The second-order valence-electron chi connectivity index (χ2n) is 4.35. The predicted molar refractivity (Wildman–Crippen MR) is 69.1 cm³/mol. The van der Waals surface area contributed by atoms with Gasteiger partial charge in [0.15, 0.2) is 0 Å². The van der Waals surface area contributed by atoms with E-state index in [1.54, 1.807) is 7.11 Å². The van der Waals surface area contributed by atoms with E-state index < -0.39 is 0 Å². The van der Waals surface area contributed by atoms with Gasteiger partial charge in [0, 0.05) is 0 Å². The summed E-state index contributed by atoms with van der Waals surface area (Å²) in [5.74, 6) is -0.257. The molecule has 1 fully saturated rings. The van der Waals surface area contributed by atoms with Crippen LogP contribution in [0.3, 0.4) is 0 Å². The molecule has 1 saturated heterocycles. The average molecular weight is 266 g/mol. The molecule has 0 amide bonds. The van der Waals surface area contributed by atoms with Crippen LogP contribution in [0.2, 0.25) is 0 Å². The molecule has 0 aromatic heterocycles. The monoisotopic (exact) mass is 266 g/mol. The zero-order chi connectivity index (χ0) is 13.7. The molecule has 6 heteroatoms. The smallest absolute Gasteiger partial charge is 0.308 e. The van der Waals surface area contributed by atoms with Crippen molar-refractivity contribution in [1.82, 2.24) is 5.48 Å². The van der Waals surface area contributed by atoms with Gasteiger partial charge >= 0.3 is 5.97 Å². The third-order valence-corrected chi connectivity index (χ3v) is 3.03. The molecule has 2 rings (SSSR count). The quantitative estimate of drug-likeness (QED) is 0.622. The van der Waals surface area contributed by atoms with Crippen molar-refractivity contribution < 1.29 is 19.2 Å². The number of carbonyl (C=O) groups excluding carboxylic acids is 1. The lowest BCUT2D eigenvalue weighted by Crippen LogP contribution is -2.15. The van der Waals surface area contributed by atoms with Crippen LogP contribution in [-0.2, 0) is 19.2 Å². The Labute approximate surface area is 111 Å². The number of methoxy groups -OCH3 is 1. The first-order chi connectivity index (χ1) is 9.22. The number of benzene rings is 1. The van der Waals surface area contributed by atoms with Gasteiger partial charge in [-0.1, -0.05) is 12.1 Å². The number of hydrogen-bond acceptors (Lipinski definition) is 6. The number of anilines is 1. The van der Waals surface area contributed by atoms with Crippen LogP contribution in [0.5, 0.6) is 0 Å². The van der Waals surface area contributed by atoms with Crippen molar-refractivity contribution in [1.29, 1.82) is 0 Å². The van der Waals surface area contributed by atoms with Crippen molar-refractivity contribution in [2.75, 3.05) is 19.7 Å². The molecule has 0 spiro atoms. The highest BCUT2D eigenvalue weighted by molar-refractivity contribution is 5.69. The fraction of sp³-hybridized carbons (Fsp3) is 0.462. The molecule has 1 aromatic rings. The molecule has 2 atom stereocenters. The van der Waals surface area contributed by atoms with Crippen molar-refractivity contribution >= 4 is 11.7 Å². The fourth-order valence-electron chi connectivity index (χ4n) is 2.04. The predicted octanol–water partition coefficient (Wildman–Crippen LogP) is 1.56. The van der Waals surface area contributed by atoms with E-state index in [0.29, 0.717) is 0 Å². The average Bonchev–Trinajstić information content (AvgIpc) is 2.88. The summed E-state index contributed by atoms with van der Waals surface area (Å²) in [6, 6.07) is 7.92. The molecule has 0 aliphatic carbocycles. The third kappa shape index (κ3) is 3.66. The number of hydroxylamine groups is 1. The molecule has 6 nitrogen and oxygen atoms in total. The first-order valence-corrected chi connectivity index (χ1v) is 6.10. The molecule has 1 aliphatic rings. The minimum Gasteiger partial charge on any atom is -0.469 e. The first kappa shape index (κ1) is 13.8. The molecule has 19 heavy (non-hydrogen) atoms. The number of rotatable bonds is 5. The van der Waals surface area contributed by atoms with E-state index in [-0.39, 0.29) is 24.5 Å². The Morgan fingerprint density at radius 3 is 2.79 bits per heavy atom. The lowest BCUT2D eigenvalue weighted by molar-refractivity contribution is -0.143. The highest BCUT2D eigenvalue weighted by atomic mass is 16.7. The number of hydrogen-bond donors (Lipinski definition) is 2. The summed E-state index contributed by atoms with van der Waals surface area (Å²) in [5.41, 5.74) is 7.69. The molecule has 0 bridgehead atoms. The van der Waals surface area contributed by atoms with Crippen LogP contribution in [0.15, 0.2) is 24.3 Å². The van der Waals surface area contributed by atoms with Gasteiger partial charge in [0.05, 0.1) is 38.5 Å². The molecule has 2 unspecified atom stereocenters. The summed E-state index contributed by atoms with van der Waals surface area (Å²) in [5, 5.41) is 0. The van der Waals surface area contributed by atoms with Crippen molar-refractivity contribution in [3.63, 3.8) is 0 Å². The Morgan fingerprint density at radius 2 is 2.16 bits per heavy atom. The molecular formula is C13H18N2O4. The van der Waals surface area contributed by atoms with E-state index in [4.69, 9.17) is 9.68 Å². The minimum absolute atomic E-state index is 0.0891. The van der Waals surface area contributed by atoms with Crippen LogP contribution >= 0.6 is 0 Å². The maximum atomic E-state index is 11.2. The summed E-state index contributed by atoms with van der Waals surface area (Å²) in [4.78, 5) is 21.4. The SMILES string of the molecule is CONc1ccc(C2CC(CC(=O)OC)ON2)cc1. The highest BCUT2D eigenvalue weighted by Crippen LogP contribution is 2.27. The normalized spacial score (nSPS) is 22.2. The van der Waals surface area contributed by atoms with Gasteiger partial charge in [0.25, 0.3) is 0 Å². The lowest BCUT2D eigenvalue weighted by Gasteiger charge is -2.10. The first-order valence-electron chi connectivity index (χ1n) is 6.10. The van der Waals surface area contributed by atoms with Crippen LogP contribution in [0, 0.1) is 0 Å². The van der Waals surface area contributed by atoms with E-state index >= 15 is 0 Å². The number of carbonyl (C=O) groups is 1. The van der Waals surface area contributed by atoms with E-state index in [1.807, 2.05) is 24.3 Å². The Bertz CT molecular complexity index is 421. The van der Waals surface area contributed by atoms with Gasteiger partial charge in [-0.15, -0.1) is 0 Å². The summed E-state index contributed by atoms with van der Waals surface area (Å²) >= 11 is 0. The molecule has 0 saturated carbocycles. The number of ether oxygens (including phenoxy) is 1. The standard InChI is InChI=1S/C13H18N2O4/c1-17-13(16)8-11-7-12(15-19-11)9-3-5-10(6-4-9)14-18-2/h3-6,11-12,14-15H,7-8H2,1-2H3. The maximum Gasteiger partial charge on any atom is 0.308 e. The Balaban J connectivity index is 1.91. The summed E-state index contributed by atoms with van der Waals surface area (Å²) in [7, 11) is 2.95. The summed E-state index contributed by atoms with van der Waals surface area (Å²) in [6.07, 6.45) is 0.865. The van der Waals surface area contributed by atoms with Gasteiger partial charge in [-0.25, -0.2) is 0 Å². The third-order valence-electron chi connectivity index (χ3n) is 3.03. The zero-order valence-corrected chi connectivity index (χ0v) is 11.0. The van der Waals surface area contributed by atoms with Crippen LogP contribution in [0.1, 0.15) is 24.4 Å². The van der Waals surface area contributed by atoms with Crippen LogP contribution in [0.4, 0.5) is 5.69 Å².